The van der Waals surface area contributed by atoms with E-state index in [1.165, 1.54) is 11.1 Å². The van der Waals surface area contributed by atoms with Crippen LogP contribution in [0.2, 0.25) is 0 Å². The quantitative estimate of drug-likeness (QED) is 0.658. The first kappa shape index (κ1) is 16.2. The first-order valence-corrected chi connectivity index (χ1v) is 8.18. The first-order valence-electron chi connectivity index (χ1n) is 8.18. The topological polar surface area (TPSA) is 44.1 Å². The van der Waals surface area contributed by atoms with Crippen molar-refractivity contribution in [2.45, 2.75) is 34.2 Å². The Bertz CT molecular complexity index is 909. The lowest BCUT2D eigenvalue weighted by molar-refractivity contribution is 0.101. The molecule has 4 nitrogen and oxygen atoms in total. The second-order valence-electron chi connectivity index (χ2n) is 6.11. The Hall–Kier alpha value is -2.62. The summed E-state index contributed by atoms with van der Waals surface area (Å²) < 4.78 is 7.83. The number of nitrogens with zero attached hydrogens (tertiary/aromatic N) is 2. The molecule has 1 aromatic heterocycles. The largest absolute Gasteiger partial charge is 0.494 e. The summed E-state index contributed by atoms with van der Waals surface area (Å²) in [6, 6.07) is 9.88. The number of ketones is 1. The van der Waals surface area contributed by atoms with E-state index in [1.54, 1.807) is 6.92 Å². The molecule has 3 rings (SSSR count). The van der Waals surface area contributed by atoms with Crippen molar-refractivity contribution in [1.29, 1.82) is 0 Å². The summed E-state index contributed by atoms with van der Waals surface area (Å²) in [5.41, 5.74) is 6.24. The van der Waals surface area contributed by atoms with Gasteiger partial charge in [-0.2, -0.15) is 0 Å². The van der Waals surface area contributed by atoms with Crippen molar-refractivity contribution in [3.63, 3.8) is 0 Å². The Morgan fingerprint density at radius 1 is 1.17 bits per heavy atom. The molecule has 0 aliphatic carbocycles. The Kier molecular flexibility index (Phi) is 4.38. The molecule has 0 saturated carbocycles. The van der Waals surface area contributed by atoms with Crippen LogP contribution in [0.1, 0.15) is 40.9 Å². The van der Waals surface area contributed by atoms with Gasteiger partial charge in [0.2, 0.25) is 0 Å². The van der Waals surface area contributed by atoms with Gasteiger partial charge in [-0.1, -0.05) is 0 Å². The van der Waals surface area contributed by atoms with Crippen LogP contribution < -0.4 is 4.74 Å². The summed E-state index contributed by atoms with van der Waals surface area (Å²) in [4.78, 5) is 16.2. The number of hydrogen-bond donors (Lipinski definition) is 0. The number of fused-ring (bicyclic) bond motifs is 1. The SMILES string of the molecule is CCOc1ccc(C(C)=O)cc1Cn1cnc2cc(C)c(C)cc21. The maximum atomic E-state index is 11.7. The normalized spacial score (nSPS) is 11.0. The molecule has 0 unspecified atom stereocenters. The predicted octanol–water partition coefficient (Wildman–Crippen LogP) is 4.30. The number of hydrogen-bond acceptors (Lipinski definition) is 3. The zero-order valence-corrected chi connectivity index (χ0v) is 14.6. The summed E-state index contributed by atoms with van der Waals surface area (Å²) in [5.74, 6) is 0.870. The predicted molar refractivity (Wildman–Crippen MR) is 95.9 cm³/mol. The molecule has 0 N–H and O–H groups in total. The van der Waals surface area contributed by atoms with E-state index in [2.05, 4.69) is 35.5 Å². The third-order valence-corrected chi connectivity index (χ3v) is 4.34. The molecule has 0 bridgehead atoms. The van der Waals surface area contributed by atoms with E-state index in [9.17, 15) is 4.79 Å². The zero-order chi connectivity index (χ0) is 17.3. The second kappa shape index (κ2) is 6.48. The van der Waals surface area contributed by atoms with E-state index >= 15 is 0 Å². The Balaban J connectivity index is 2.05. The van der Waals surface area contributed by atoms with Gasteiger partial charge < -0.3 is 9.30 Å². The smallest absolute Gasteiger partial charge is 0.159 e. The zero-order valence-electron chi connectivity index (χ0n) is 14.6. The van der Waals surface area contributed by atoms with Crippen LogP contribution in [0.3, 0.4) is 0 Å². The number of ether oxygens (including phenoxy) is 1. The first-order chi connectivity index (χ1) is 11.5. The number of aryl methyl sites for hydroxylation is 2. The van der Waals surface area contributed by atoms with Gasteiger partial charge in [0.1, 0.15) is 5.75 Å². The fraction of sp³-hybridized carbons (Fsp3) is 0.300. The van der Waals surface area contributed by atoms with Crippen molar-refractivity contribution in [3.8, 4) is 5.75 Å². The van der Waals surface area contributed by atoms with Crippen LogP contribution in [0.4, 0.5) is 0 Å². The molecule has 4 heteroatoms. The van der Waals surface area contributed by atoms with Crippen molar-refractivity contribution in [1.82, 2.24) is 9.55 Å². The van der Waals surface area contributed by atoms with Crippen LogP contribution in [0.5, 0.6) is 5.75 Å². The van der Waals surface area contributed by atoms with Gasteiger partial charge in [0.05, 0.1) is 30.5 Å². The molecule has 0 aliphatic heterocycles. The number of Topliss-reactive ketones (excluding diaryl/α,β-unsaturated/α-hetero) is 1. The summed E-state index contributed by atoms with van der Waals surface area (Å²) in [5, 5.41) is 0. The molecule has 0 amide bonds. The van der Waals surface area contributed by atoms with Crippen molar-refractivity contribution >= 4 is 16.8 Å². The number of carbonyl (C=O) groups excluding carboxylic acids is 1. The Morgan fingerprint density at radius 2 is 1.92 bits per heavy atom. The van der Waals surface area contributed by atoms with Gasteiger partial charge in [-0.25, -0.2) is 4.98 Å². The number of benzene rings is 2. The summed E-state index contributed by atoms with van der Waals surface area (Å²) in [7, 11) is 0. The molecule has 0 radical (unpaired) electrons. The highest BCUT2D eigenvalue weighted by atomic mass is 16.5. The van der Waals surface area contributed by atoms with Gasteiger partial charge >= 0.3 is 0 Å². The van der Waals surface area contributed by atoms with E-state index in [-0.39, 0.29) is 5.78 Å². The fourth-order valence-electron chi connectivity index (χ4n) is 2.84. The summed E-state index contributed by atoms with van der Waals surface area (Å²) >= 11 is 0. The average Bonchev–Trinajstić information content (AvgIpc) is 2.91. The van der Waals surface area contributed by atoms with Gasteiger partial charge in [-0.05, 0) is 69.2 Å². The Morgan fingerprint density at radius 3 is 2.62 bits per heavy atom. The molecular formula is C20H22N2O2. The van der Waals surface area contributed by atoms with E-state index in [0.717, 1.165) is 22.3 Å². The number of rotatable bonds is 5. The number of aromatic nitrogens is 2. The second-order valence-corrected chi connectivity index (χ2v) is 6.11. The Labute approximate surface area is 142 Å². The molecule has 0 spiro atoms. The van der Waals surface area contributed by atoms with E-state index in [1.807, 2.05) is 31.5 Å². The minimum Gasteiger partial charge on any atom is -0.494 e. The van der Waals surface area contributed by atoms with Crippen LogP contribution in [0.25, 0.3) is 11.0 Å². The lowest BCUT2D eigenvalue weighted by Gasteiger charge is -2.13. The third kappa shape index (κ3) is 3.04. The molecule has 1 heterocycles. The van der Waals surface area contributed by atoms with Crippen molar-refractivity contribution in [2.24, 2.45) is 0 Å². The maximum absolute atomic E-state index is 11.7. The highest BCUT2D eigenvalue weighted by Crippen LogP contribution is 2.25. The van der Waals surface area contributed by atoms with Crippen molar-refractivity contribution in [3.05, 3.63) is 58.9 Å². The van der Waals surface area contributed by atoms with E-state index in [4.69, 9.17) is 4.74 Å². The van der Waals surface area contributed by atoms with Gasteiger partial charge in [0.25, 0.3) is 0 Å². The molecule has 0 fully saturated rings. The van der Waals surface area contributed by atoms with Crippen LogP contribution in [0.15, 0.2) is 36.7 Å². The van der Waals surface area contributed by atoms with Gasteiger partial charge in [0, 0.05) is 11.1 Å². The highest BCUT2D eigenvalue weighted by Gasteiger charge is 2.11. The third-order valence-electron chi connectivity index (χ3n) is 4.34. The molecule has 0 aliphatic rings. The standard InChI is InChI=1S/C20H22N2O2/c1-5-24-20-7-6-16(15(4)23)10-17(20)11-22-12-21-18-8-13(2)14(3)9-19(18)22/h6-10,12H,5,11H2,1-4H3. The average molecular weight is 322 g/mol. The van der Waals surface area contributed by atoms with Gasteiger partial charge in [0.15, 0.2) is 5.78 Å². The van der Waals surface area contributed by atoms with E-state index < -0.39 is 0 Å². The number of carbonyl (C=O) groups is 1. The minimum absolute atomic E-state index is 0.0567. The highest BCUT2D eigenvalue weighted by molar-refractivity contribution is 5.94. The van der Waals surface area contributed by atoms with Gasteiger partial charge in [-0.3, -0.25) is 4.79 Å². The van der Waals surface area contributed by atoms with Crippen LogP contribution in [0, 0.1) is 13.8 Å². The summed E-state index contributed by atoms with van der Waals surface area (Å²) in [6.45, 7) is 8.95. The lowest BCUT2D eigenvalue weighted by Crippen LogP contribution is -2.05. The molecule has 0 saturated heterocycles. The van der Waals surface area contributed by atoms with Crippen LogP contribution in [-0.2, 0) is 6.54 Å². The maximum Gasteiger partial charge on any atom is 0.159 e. The monoisotopic (exact) mass is 322 g/mol. The van der Waals surface area contributed by atoms with Crippen LogP contribution in [-0.4, -0.2) is 21.9 Å². The number of imidazole rings is 1. The van der Waals surface area contributed by atoms with Crippen molar-refractivity contribution in [2.75, 3.05) is 6.61 Å². The minimum atomic E-state index is 0.0567. The molecule has 3 aromatic rings. The van der Waals surface area contributed by atoms with Crippen molar-refractivity contribution < 1.29 is 9.53 Å². The molecule has 0 atom stereocenters. The lowest BCUT2D eigenvalue weighted by atomic mass is 10.1. The van der Waals surface area contributed by atoms with Crippen LogP contribution >= 0.6 is 0 Å². The van der Waals surface area contributed by atoms with E-state index in [0.29, 0.717) is 18.7 Å². The fourth-order valence-corrected chi connectivity index (χ4v) is 2.84. The molecule has 124 valence electrons. The summed E-state index contributed by atoms with van der Waals surface area (Å²) in [6.07, 6.45) is 1.85. The molecular weight excluding hydrogens is 300 g/mol. The van der Waals surface area contributed by atoms with Gasteiger partial charge in [-0.15, -0.1) is 0 Å². The molecule has 2 aromatic carbocycles. The molecule has 24 heavy (non-hydrogen) atoms.